The van der Waals surface area contributed by atoms with Gasteiger partial charge in [-0.25, -0.2) is 0 Å². The number of aromatic nitrogens is 2. The number of terminal acetylenes is 1. The highest BCUT2D eigenvalue weighted by atomic mass is 15.2. The zero-order chi connectivity index (χ0) is 13.5. The first-order chi connectivity index (χ1) is 8.67. The van der Waals surface area contributed by atoms with Crippen LogP contribution in [-0.2, 0) is 12.8 Å². The summed E-state index contributed by atoms with van der Waals surface area (Å²) in [6.45, 7) is 5.99. The highest BCUT2D eigenvalue weighted by Gasteiger charge is 2.15. The monoisotopic (exact) mass is 242 g/mol. The number of nitrogens with zero attached hydrogens (tertiary/aromatic N) is 3. The summed E-state index contributed by atoms with van der Waals surface area (Å²) >= 11 is 0. The molecule has 0 saturated carbocycles. The number of anilines is 1. The first kappa shape index (κ1) is 14.0. The molecule has 0 bridgehead atoms. The summed E-state index contributed by atoms with van der Waals surface area (Å²) < 4.78 is 0. The smallest absolute Gasteiger partial charge is 0.167 e. The molecule has 0 amide bonds. The van der Waals surface area contributed by atoms with Crippen LogP contribution in [0.15, 0.2) is 0 Å². The molecule has 0 aromatic carbocycles. The molecule has 1 N–H and O–H groups in total. The van der Waals surface area contributed by atoms with Crippen molar-refractivity contribution >= 4 is 5.82 Å². The standard InChI is InChI=1S/C14H18N4/c1-5-8-10(4)16-14-12(9-15)11(6-2)13(7-3)17-18-14/h1,10H,6-8H2,2-4H3,(H,16,18). The van der Waals surface area contributed by atoms with Gasteiger partial charge < -0.3 is 5.32 Å². The molecule has 1 rings (SSSR count). The van der Waals surface area contributed by atoms with E-state index in [0.717, 1.165) is 24.1 Å². The van der Waals surface area contributed by atoms with E-state index >= 15 is 0 Å². The molecule has 4 heteroatoms. The highest BCUT2D eigenvalue weighted by Crippen LogP contribution is 2.20. The number of rotatable bonds is 5. The van der Waals surface area contributed by atoms with E-state index in [1.54, 1.807) is 0 Å². The lowest BCUT2D eigenvalue weighted by Crippen LogP contribution is -2.18. The van der Waals surface area contributed by atoms with Gasteiger partial charge in [-0.3, -0.25) is 0 Å². The molecule has 94 valence electrons. The molecular weight excluding hydrogens is 224 g/mol. The van der Waals surface area contributed by atoms with Crippen molar-refractivity contribution in [2.45, 2.75) is 46.1 Å². The Morgan fingerprint density at radius 3 is 2.56 bits per heavy atom. The predicted octanol–water partition coefficient (Wildman–Crippen LogP) is 2.30. The second-order valence-electron chi connectivity index (χ2n) is 4.12. The van der Waals surface area contributed by atoms with Gasteiger partial charge in [0.15, 0.2) is 5.82 Å². The molecule has 1 aromatic rings. The summed E-state index contributed by atoms with van der Waals surface area (Å²) in [5.74, 6) is 3.12. The van der Waals surface area contributed by atoms with E-state index < -0.39 is 0 Å². The Labute approximate surface area is 108 Å². The van der Waals surface area contributed by atoms with Crippen LogP contribution in [0.2, 0.25) is 0 Å². The molecular formula is C14H18N4. The number of nitriles is 1. The Bertz CT molecular complexity index is 494. The average molecular weight is 242 g/mol. The van der Waals surface area contributed by atoms with Crippen LogP contribution in [0.5, 0.6) is 0 Å². The van der Waals surface area contributed by atoms with Crippen molar-refractivity contribution in [3.8, 4) is 18.4 Å². The molecule has 1 heterocycles. The summed E-state index contributed by atoms with van der Waals surface area (Å²) in [6.07, 6.45) is 7.41. The summed E-state index contributed by atoms with van der Waals surface area (Å²) in [5.41, 5.74) is 2.46. The third kappa shape index (κ3) is 2.99. The van der Waals surface area contributed by atoms with Crippen LogP contribution in [0.3, 0.4) is 0 Å². The van der Waals surface area contributed by atoms with Gasteiger partial charge in [0.25, 0.3) is 0 Å². The lowest BCUT2D eigenvalue weighted by atomic mass is 10.0. The normalized spacial score (nSPS) is 11.4. The Kier molecular flexibility index (Phi) is 5.14. The van der Waals surface area contributed by atoms with Gasteiger partial charge in [0, 0.05) is 12.5 Å². The minimum absolute atomic E-state index is 0.0774. The third-order valence-corrected chi connectivity index (χ3v) is 2.77. The minimum Gasteiger partial charge on any atom is -0.364 e. The second kappa shape index (κ2) is 6.61. The molecule has 0 aliphatic rings. The fourth-order valence-electron chi connectivity index (χ4n) is 1.86. The molecule has 0 radical (unpaired) electrons. The van der Waals surface area contributed by atoms with Crippen LogP contribution < -0.4 is 5.32 Å². The molecule has 1 atom stereocenters. The average Bonchev–Trinajstić information content (AvgIpc) is 2.38. The van der Waals surface area contributed by atoms with Crippen LogP contribution in [0.4, 0.5) is 5.82 Å². The highest BCUT2D eigenvalue weighted by molar-refractivity contribution is 5.56. The molecule has 1 unspecified atom stereocenters. The van der Waals surface area contributed by atoms with Crippen LogP contribution in [0, 0.1) is 23.7 Å². The third-order valence-electron chi connectivity index (χ3n) is 2.77. The van der Waals surface area contributed by atoms with E-state index in [2.05, 4.69) is 27.5 Å². The Hall–Kier alpha value is -2.07. The number of hydrogen-bond acceptors (Lipinski definition) is 4. The molecule has 0 saturated heterocycles. The van der Waals surface area contributed by atoms with Gasteiger partial charge in [-0.05, 0) is 25.3 Å². The zero-order valence-corrected chi connectivity index (χ0v) is 11.1. The first-order valence-corrected chi connectivity index (χ1v) is 6.16. The molecule has 0 spiro atoms. The number of aryl methyl sites for hydroxylation is 1. The predicted molar refractivity (Wildman–Crippen MR) is 72.0 cm³/mol. The molecule has 0 fully saturated rings. The van der Waals surface area contributed by atoms with E-state index in [4.69, 9.17) is 6.42 Å². The molecule has 1 aromatic heterocycles. The Morgan fingerprint density at radius 2 is 2.06 bits per heavy atom. The summed E-state index contributed by atoms with van der Waals surface area (Å²) in [5, 5.41) is 20.7. The number of nitrogens with one attached hydrogen (secondary N) is 1. The van der Waals surface area contributed by atoms with Gasteiger partial charge in [-0.15, -0.1) is 17.4 Å². The van der Waals surface area contributed by atoms with Crippen molar-refractivity contribution in [3.05, 3.63) is 16.8 Å². The van der Waals surface area contributed by atoms with Crippen LogP contribution in [0.25, 0.3) is 0 Å². The second-order valence-corrected chi connectivity index (χ2v) is 4.12. The van der Waals surface area contributed by atoms with Crippen molar-refractivity contribution in [3.63, 3.8) is 0 Å². The van der Waals surface area contributed by atoms with Crippen molar-refractivity contribution < 1.29 is 0 Å². The minimum atomic E-state index is 0.0774. The van der Waals surface area contributed by atoms with Crippen molar-refractivity contribution in [2.24, 2.45) is 0 Å². The summed E-state index contributed by atoms with van der Waals surface area (Å²) in [6, 6.07) is 2.30. The molecule has 4 nitrogen and oxygen atoms in total. The van der Waals surface area contributed by atoms with E-state index in [1.165, 1.54) is 0 Å². The van der Waals surface area contributed by atoms with E-state index in [1.807, 2.05) is 20.8 Å². The SMILES string of the molecule is C#CCC(C)Nc1nnc(CC)c(CC)c1C#N. The topological polar surface area (TPSA) is 61.6 Å². The van der Waals surface area contributed by atoms with Crippen LogP contribution >= 0.6 is 0 Å². The Balaban J connectivity index is 3.15. The fraction of sp³-hybridized carbons (Fsp3) is 0.500. The van der Waals surface area contributed by atoms with E-state index in [9.17, 15) is 5.26 Å². The molecule has 0 aliphatic carbocycles. The lowest BCUT2D eigenvalue weighted by molar-refractivity contribution is 0.799. The maximum Gasteiger partial charge on any atom is 0.167 e. The van der Waals surface area contributed by atoms with E-state index in [-0.39, 0.29) is 6.04 Å². The quantitative estimate of drug-likeness (QED) is 0.805. The summed E-state index contributed by atoms with van der Waals surface area (Å²) in [7, 11) is 0. The van der Waals surface area contributed by atoms with Gasteiger partial charge in [0.05, 0.1) is 5.69 Å². The van der Waals surface area contributed by atoms with Gasteiger partial charge in [0.1, 0.15) is 11.6 Å². The van der Waals surface area contributed by atoms with E-state index in [0.29, 0.717) is 17.8 Å². The maximum absolute atomic E-state index is 9.30. The van der Waals surface area contributed by atoms with Crippen LogP contribution in [-0.4, -0.2) is 16.2 Å². The molecule has 18 heavy (non-hydrogen) atoms. The number of hydrogen-bond donors (Lipinski definition) is 1. The largest absolute Gasteiger partial charge is 0.364 e. The summed E-state index contributed by atoms with van der Waals surface area (Å²) in [4.78, 5) is 0. The fourth-order valence-corrected chi connectivity index (χ4v) is 1.86. The zero-order valence-electron chi connectivity index (χ0n) is 11.1. The molecule has 0 aliphatic heterocycles. The first-order valence-electron chi connectivity index (χ1n) is 6.16. The van der Waals surface area contributed by atoms with Crippen molar-refractivity contribution in [1.82, 2.24) is 10.2 Å². The Morgan fingerprint density at radius 1 is 1.33 bits per heavy atom. The van der Waals surface area contributed by atoms with Gasteiger partial charge in [-0.2, -0.15) is 10.4 Å². The van der Waals surface area contributed by atoms with Crippen molar-refractivity contribution in [2.75, 3.05) is 5.32 Å². The maximum atomic E-state index is 9.30. The van der Waals surface area contributed by atoms with Crippen molar-refractivity contribution in [1.29, 1.82) is 5.26 Å². The van der Waals surface area contributed by atoms with Crippen LogP contribution in [0.1, 0.15) is 44.0 Å². The van der Waals surface area contributed by atoms with Gasteiger partial charge >= 0.3 is 0 Å². The van der Waals surface area contributed by atoms with Gasteiger partial charge in [-0.1, -0.05) is 13.8 Å². The lowest BCUT2D eigenvalue weighted by Gasteiger charge is -2.15. The van der Waals surface area contributed by atoms with Gasteiger partial charge in [0.2, 0.25) is 0 Å².